The number of hydroxylamine groups is 1. The Balaban J connectivity index is 2.47. The van der Waals surface area contributed by atoms with Gasteiger partial charge in [-0.15, -0.1) is 5.48 Å². The van der Waals surface area contributed by atoms with E-state index < -0.39 is 0 Å². The van der Waals surface area contributed by atoms with Gasteiger partial charge in [-0.05, 0) is 12.0 Å². The molecule has 58 valence electrons. The normalized spacial score (nSPS) is 24.8. The van der Waals surface area contributed by atoms with Crippen molar-refractivity contribution >= 4 is 15.9 Å². The van der Waals surface area contributed by atoms with Gasteiger partial charge in [0.2, 0.25) is 0 Å². The molecular weight excluding hydrogens is 194 g/mol. The first-order valence-electron chi connectivity index (χ1n) is 3.43. The van der Waals surface area contributed by atoms with Crippen molar-refractivity contribution in [1.29, 1.82) is 0 Å². The molecule has 0 saturated carbocycles. The van der Waals surface area contributed by atoms with Crippen LogP contribution in [0.3, 0.4) is 0 Å². The van der Waals surface area contributed by atoms with Gasteiger partial charge in [0, 0.05) is 0 Å². The van der Waals surface area contributed by atoms with Crippen LogP contribution in [0.25, 0.3) is 0 Å². The van der Waals surface area contributed by atoms with Gasteiger partial charge in [-0.25, -0.2) is 0 Å². The Morgan fingerprint density at radius 3 is 2.80 bits per heavy atom. The molecule has 1 heterocycles. The van der Waals surface area contributed by atoms with Crippen molar-refractivity contribution in [2.75, 3.05) is 5.33 Å². The maximum Gasteiger partial charge on any atom is 0.132 e. The van der Waals surface area contributed by atoms with Crippen LogP contribution in [0.2, 0.25) is 0 Å². The highest BCUT2D eigenvalue weighted by Crippen LogP contribution is 2.14. The van der Waals surface area contributed by atoms with Crippen LogP contribution in [0.4, 0.5) is 0 Å². The molecule has 0 aliphatic carbocycles. The topological polar surface area (TPSA) is 21.3 Å². The Morgan fingerprint density at radius 2 is 2.50 bits per heavy atom. The molecule has 0 radical (unpaired) electrons. The van der Waals surface area contributed by atoms with Crippen LogP contribution in [-0.2, 0) is 4.84 Å². The van der Waals surface area contributed by atoms with E-state index in [1.54, 1.807) is 0 Å². The first-order valence-corrected chi connectivity index (χ1v) is 4.55. The zero-order valence-electron chi connectivity index (χ0n) is 6.23. The highest BCUT2D eigenvalue weighted by atomic mass is 79.9. The SMILES string of the molecule is CC(C)C1C=C(CBr)ON1. The van der Waals surface area contributed by atoms with E-state index in [4.69, 9.17) is 4.84 Å². The third kappa shape index (κ3) is 1.73. The number of nitrogens with one attached hydrogen (secondary N) is 1. The number of allylic oxidation sites excluding steroid dienone is 1. The molecule has 1 rings (SSSR count). The second-order valence-electron chi connectivity index (χ2n) is 2.76. The van der Waals surface area contributed by atoms with Crippen LogP contribution in [0, 0.1) is 5.92 Å². The highest BCUT2D eigenvalue weighted by Gasteiger charge is 2.18. The van der Waals surface area contributed by atoms with Gasteiger partial charge < -0.3 is 4.84 Å². The zero-order chi connectivity index (χ0) is 7.56. The van der Waals surface area contributed by atoms with Crippen LogP contribution >= 0.6 is 15.9 Å². The standard InChI is InChI=1S/C7H12BrNO/c1-5(2)7-3-6(4-8)10-9-7/h3,5,7,9H,4H2,1-2H3. The van der Waals surface area contributed by atoms with Crippen LogP contribution in [0.15, 0.2) is 11.8 Å². The summed E-state index contributed by atoms with van der Waals surface area (Å²) in [6, 6.07) is 0.382. The largest absolute Gasteiger partial charge is 0.412 e. The Labute approximate surface area is 69.7 Å². The van der Waals surface area contributed by atoms with Gasteiger partial charge in [0.15, 0.2) is 0 Å². The molecule has 2 nitrogen and oxygen atoms in total. The molecule has 1 aliphatic heterocycles. The lowest BCUT2D eigenvalue weighted by Gasteiger charge is -2.09. The maximum atomic E-state index is 5.14. The zero-order valence-corrected chi connectivity index (χ0v) is 7.81. The molecule has 0 bridgehead atoms. The van der Waals surface area contributed by atoms with E-state index in [0.717, 1.165) is 11.1 Å². The molecule has 10 heavy (non-hydrogen) atoms. The van der Waals surface area contributed by atoms with E-state index >= 15 is 0 Å². The Bertz CT molecular complexity index is 145. The first kappa shape index (κ1) is 8.08. The minimum absolute atomic E-state index is 0.382. The van der Waals surface area contributed by atoms with Gasteiger partial charge in [-0.3, -0.25) is 0 Å². The third-order valence-electron chi connectivity index (χ3n) is 1.54. The molecule has 0 spiro atoms. The molecule has 1 unspecified atom stereocenters. The Kier molecular flexibility index (Phi) is 2.74. The van der Waals surface area contributed by atoms with Crippen molar-refractivity contribution in [3.05, 3.63) is 11.8 Å². The van der Waals surface area contributed by atoms with E-state index in [2.05, 4.69) is 41.3 Å². The lowest BCUT2D eigenvalue weighted by atomic mass is 10.1. The fourth-order valence-corrected chi connectivity index (χ4v) is 1.11. The van der Waals surface area contributed by atoms with Crippen LogP contribution in [-0.4, -0.2) is 11.4 Å². The number of hydrogen-bond donors (Lipinski definition) is 1. The average Bonchev–Trinajstić information content (AvgIpc) is 2.34. The van der Waals surface area contributed by atoms with Crippen molar-refractivity contribution < 1.29 is 4.84 Å². The average molecular weight is 206 g/mol. The number of hydrogen-bond acceptors (Lipinski definition) is 2. The molecule has 0 aromatic heterocycles. The van der Waals surface area contributed by atoms with Crippen molar-refractivity contribution in [2.24, 2.45) is 5.92 Å². The molecule has 0 amide bonds. The predicted molar refractivity (Wildman–Crippen MR) is 44.7 cm³/mol. The molecule has 0 saturated heterocycles. The molecular formula is C7H12BrNO. The molecule has 1 atom stereocenters. The van der Waals surface area contributed by atoms with E-state index in [-0.39, 0.29) is 0 Å². The second kappa shape index (κ2) is 3.39. The smallest absolute Gasteiger partial charge is 0.132 e. The van der Waals surface area contributed by atoms with Crippen molar-refractivity contribution in [3.8, 4) is 0 Å². The summed E-state index contributed by atoms with van der Waals surface area (Å²) in [5, 5.41) is 0.795. The summed E-state index contributed by atoms with van der Waals surface area (Å²) in [4.78, 5) is 5.14. The summed E-state index contributed by atoms with van der Waals surface area (Å²) >= 11 is 3.32. The van der Waals surface area contributed by atoms with Gasteiger partial charge in [0.25, 0.3) is 0 Å². The van der Waals surface area contributed by atoms with Gasteiger partial charge in [0.1, 0.15) is 5.76 Å². The van der Waals surface area contributed by atoms with E-state index in [1.807, 2.05) is 0 Å². The summed E-state index contributed by atoms with van der Waals surface area (Å²) in [6.07, 6.45) is 2.11. The van der Waals surface area contributed by atoms with Crippen LogP contribution in [0.5, 0.6) is 0 Å². The second-order valence-corrected chi connectivity index (χ2v) is 3.32. The summed E-state index contributed by atoms with van der Waals surface area (Å²) < 4.78 is 0. The van der Waals surface area contributed by atoms with E-state index in [9.17, 15) is 0 Å². The summed E-state index contributed by atoms with van der Waals surface area (Å²) in [5.74, 6) is 1.58. The highest BCUT2D eigenvalue weighted by molar-refractivity contribution is 9.09. The fraction of sp³-hybridized carbons (Fsp3) is 0.714. The molecule has 1 N–H and O–H groups in total. The summed E-state index contributed by atoms with van der Waals surface area (Å²) in [6.45, 7) is 4.32. The molecule has 0 aromatic carbocycles. The van der Waals surface area contributed by atoms with Gasteiger partial charge in [0.05, 0.1) is 11.4 Å². The van der Waals surface area contributed by atoms with Crippen LogP contribution in [0.1, 0.15) is 13.8 Å². The first-order chi connectivity index (χ1) is 4.74. The molecule has 0 fully saturated rings. The van der Waals surface area contributed by atoms with E-state index in [0.29, 0.717) is 12.0 Å². The third-order valence-corrected chi connectivity index (χ3v) is 2.09. The van der Waals surface area contributed by atoms with Crippen LogP contribution < -0.4 is 5.48 Å². The van der Waals surface area contributed by atoms with Crippen molar-refractivity contribution in [3.63, 3.8) is 0 Å². The van der Waals surface area contributed by atoms with Crippen molar-refractivity contribution in [2.45, 2.75) is 19.9 Å². The van der Waals surface area contributed by atoms with Crippen molar-refractivity contribution in [1.82, 2.24) is 5.48 Å². The molecule has 1 aliphatic rings. The lowest BCUT2D eigenvalue weighted by Crippen LogP contribution is -2.26. The van der Waals surface area contributed by atoms with Gasteiger partial charge in [-0.1, -0.05) is 29.8 Å². The number of alkyl halides is 1. The summed E-state index contributed by atoms with van der Waals surface area (Å²) in [5.41, 5.74) is 2.93. The van der Waals surface area contributed by atoms with Gasteiger partial charge >= 0.3 is 0 Å². The molecule has 0 aromatic rings. The molecule has 3 heteroatoms. The minimum Gasteiger partial charge on any atom is -0.412 e. The monoisotopic (exact) mass is 205 g/mol. The van der Waals surface area contributed by atoms with E-state index in [1.165, 1.54) is 0 Å². The minimum atomic E-state index is 0.382. The summed E-state index contributed by atoms with van der Waals surface area (Å²) in [7, 11) is 0. The number of rotatable bonds is 2. The fourth-order valence-electron chi connectivity index (χ4n) is 0.812. The maximum absolute atomic E-state index is 5.14. The lowest BCUT2D eigenvalue weighted by molar-refractivity contribution is 0.107. The Morgan fingerprint density at radius 1 is 1.80 bits per heavy atom. The Hall–Kier alpha value is -0.0200. The quantitative estimate of drug-likeness (QED) is 0.696. The number of halogens is 1. The predicted octanol–water partition coefficient (Wildman–Crippen LogP) is 1.82. The van der Waals surface area contributed by atoms with Gasteiger partial charge in [-0.2, -0.15) is 0 Å².